The number of hydrogen-bond donors (Lipinski definition) is 1. The van der Waals surface area contributed by atoms with Crippen molar-refractivity contribution < 1.29 is 14.3 Å². The van der Waals surface area contributed by atoms with Gasteiger partial charge in [0.2, 0.25) is 0 Å². The Hall–Kier alpha value is -2.49. The van der Waals surface area contributed by atoms with Crippen molar-refractivity contribution in [1.82, 2.24) is 0 Å². The van der Waals surface area contributed by atoms with Gasteiger partial charge in [-0.15, -0.1) is 0 Å². The maximum absolute atomic E-state index is 8.81. The van der Waals surface area contributed by atoms with E-state index in [-0.39, 0.29) is 6.10 Å². The zero-order chi connectivity index (χ0) is 18.4. The van der Waals surface area contributed by atoms with Crippen molar-refractivity contribution >= 4 is 12.0 Å². The summed E-state index contributed by atoms with van der Waals surface area (Å²) in [7, 11) is 1.89. The van der Waals surface area contributed by atoms with Crippen LogP contribution in [-0.2, 0) is 4.79 Å². The fourth-order valence-electron chi connectivity index (χ4n) is 1.71. The normalized spacial score (nSPS) is 8.96. The summed E-state index contributed by atoms with van der Waals surface area (Å²) in [5, 5.41) is 3.07. The second kappa shape index (κ2) is 13.0. The topological polar surface area (TPSA) is 47.6 Å². The highest BCUT2D eigenvalue weighted by atomic mass is 16.5. The molecular formula is C20H29NO3. The molecule has 0 aromatic heterocycles. The molecule has 1 N–H and O–H groups in total. The molecule has 0 unspecified atom stereocenters. The molecule has 0 atom stereocenters. The van der Waals surface area contributed by atoms with Crippen LogP contribution in [0.5, 0.6) is 17.2 Å². The largest absolute Gasteiger partial charge is 0.491 e. The third kappa shape index (κ3) is 8.83. The summed E-state index contributed by atoms with van der Waals surface area (Å²) >= 11 is 0. The summed E-state index contributed by atoms with van der Waals surface area (Å²) in [5.41, 5.74) is 1.06. The Bertz CT molecular complexity index is 565. The highest BCUT2D eigenvalue weighted by molar-refractivity contribution is 5.47. The Kier molecular flexibility index (Phi) is 11.6. The lowest BCUT2D eigenvalue weighted by Crippen LogP contribution is -2.05. The van der Waals surface area contributed by atoms with Gasteiger partial charge in [-0.25, -0.2) is 0 Å². The molecule has 24 heavy (non-hydrogen) atoms. The summed E-state index contributed by atoms with van der Waals surface area (Å²) in [4.78, 5) is 8.81. The second-order valence-electron chi connectivity index (χ2n) is 4.75. The lowest BCUT2D eigenvalue weighted by molar-refractivity contribution is -0.106. The van der Waals surface area contributed by atoms with E-state index in [1.165, 1.54) is 6.92 Å². The van der Waals surface area contributed by atoms with Crippen LogP contribution in [0.15, 0.2) is 48.5 Å². The number of carbonyl (C=O) groups is 1. The van der Waals surface area contributed by atoms with Crippen molar-refractivity contribution in [2.24, 2.45) is 0 Å². The van der Waals surface area contributed by atoms with E-state index in [1.807, 2.05) is 83.3 Å². The molecule has 2 aromatic carbocycles. The first-order chi connectivity index (χ1) is 11.6. The average molecular weight is 331 g/mol. The van der Waals surface area contributed by atoms with E-state index in [0.29, 0.717) is 0 Å². The van der Waals surface area contributed by atoms with Crippen molar-refractivity contribution in [3.8, 4) is 17.2 Å². The number of hydrogen-bond acceptors (Lipinski definition) is 4. The van der Waals surface area contributed by atoms with E-state index in [4.69, 9.17) is 14.3 Å². The number of aldehydes is 1. The van der Waals surface area contributed by atoms with Crippen LogP contribution >= 0.6 is 0 Å². The summed E-state index contributed by atoms with van der Waals surface area (Å²) in [6.07, 6.45) is 0.908. The van der Waals surface area contributed by atoms with E-state index in [0.717, 1.165) is 29.2 Å². The SMILES string of the molecule is CC.CC=O.CNc1ccc(Oc2cccc(OC(C)C)c2)cc1. The molecular weight excluding hydrogens is 302 g/mol. The highest BCUT2D eigenvalue weighted by Gasteiger charge is 2.01. The van der Waals surface area contributed by atoms with Crippen molar-refractivity contribution in [1.29, 1.82) is 0 Å². The molecule has 0 heterocycles. The molecule has 4 heteroatoms. The maximum atomic E-state index is 8.81. The van der Waals surface area contributed by atoms with Crippen LogP contribution in [0.1, 0.15) is 34.6 Å². The molecule has 2 rings (SSSR count). The van der Waals surface area contributed by atoms with Gasteiger partial charge in [-0.1, -0.05) is 19.9 Å². The monoisotopic (exact) mass is 331 g/mol. The fraction of sp³-hybridized carbons (Fsp3) is 0.350. The van der Waals surface area contributed by atoms with Gasteiger partial charge in [0.05, 0.1) is 6.10 Å². The van der Waals surface area contributed by atoms with Crippen molar-refractivity contribution in [2.75, 3.05) is 12.4 Å². The second-order valence-corrected chi connectivity index (χ2v) is 4.75. The number of nitrogens with one attached hydrogen (secondary N) is 1. The number of benzene rings is 2. The Morgan fingerprint density at radius 3 is 2.00 bits per heavy atom. The fourth-order valence-corrected chi connectivity index (χ4v) is 1.71. The molecule has 0 amide bonds. The van der Waals surface area contributed by atoms with Crippen LogP contribution in [-0.4, -0.2) is 19.4 Å². The Balaban J connectivity index is 0.000000952. The van der Waals surface area contributed by atoms with E-state index < -0.39 is 0 Å². The van der Waals surface area contributed by atoms with E-state index in [1.54, 1.807) is 0 Å². The first-order valence-electron chi connectivity index (χ1n) is 8.21. The van der Waals surface area contributed by atoms with Crippen molar-refractivity contribution in [3.05, 3.63) is 48.5 Å². The lowest BCUT2D eigenvalue weighted by Gasteiger charge is -2.11. The highest BCUT2D eigenvalue weighted by Crippen LogP contribution is 2.26. The van der Waals surface area contributed by atoms with Crippen LogP contribution in [0.4, 0.5) is 5.69 Å². The molecule has 0 aliphatic rings. The molecule has 0 spiro atoms. The van der Waals surface area contributed by atoms with Crippen LogP contribution < -0.4 is 14.8 Å². The smallest absolute Gasteiger partial charge is 0.131 e. The van der Waals surface area contributed by atoms with E-state index >= 15 is 0 Å². The van der Waals surface area contributed by atoms with Gasteiger partial charge >= 0.3 is 0 Å². The van der Waals surface area contributed by atoms with Crippen LogP contribution in [0, 0.1) is 0 Å². The van der Waals surface area contributed by atoms with Gasteiger partial charge in [0.25, 0.3) is 0 Å². The number of ether oxygens (including phenoxy) is 2. The third-order valence-electron chi connectivity index (χ3n) is 2.56. The summed E-state index contributed by atoms with van der Waals surface area (Å²) in [5.74, 6) is 2.40. The maximum Gasteiger partial charge on any atom is 0.131 e. The van der Waals surface area contributed by atoms with Gasteiger partial charge in [-0.2, -0.15) is 0 Å². The standard InChI is InChI=1S/C16H19NO2.C2H4O.C2H6/c1-12(2)18-15-5-4-6-16(11-15)19-14-9-7-13(17-3)8-10-14;1-2-3;1-2/h4-12,17H,1-3H3;2H,1H3;1-2H3. The van der Waals surface area contributed by atoms with Crippen molar-refractivity contribution in [2.45, 2.75) is 40.7 Å². The Morgan fingerprint density at radius 1 is 0.958 bits per heavy atom. The Morgan fingerprint density at radius 2 is 1.50 bits per heavy atom. The average Bonchev–Trinajstić information content (AvgIpc) is 2.58. The number of rotatable bonds is 5. The van der Waals surface area contributed by atoms with Crippen LogP contribution in [0.3, 0.4) is 0 Å². The molecule has 0 saturated carbocycles. The van der Waals surface area contributed by atoms with E-state index in [2.05, 4.69) is 5.32 Å². The number of carbonyl (C=O) groups excluding carboxylic acids is 1. The first kappa shape index (κ1) is 21.5. The van der Waals surface area contributed by atoms with Gasteiger partial charge in [0.15, 0.2) is 0 Å². The minimum atomic E-state index is 0.158. The Labute approximate surface area is 145 Å². The molecule has 0 aliphatic heterocycles. The molecule has 0 bridgehead atoms. The lowest BCUT2D eigenvalue weighted by atomic mass is 10.3. The minimum absolute atomic E-state index is 0.158. The predicted molar refractivity (Wildman–Crippen MR) is 101 cm³/mol. The van der Waals surface area contributed by atoms with Gasteiger partial charge in [0, 0.05) is 18.8 Å². The van der Waals surface area contributed by atoms with Crippen LogP contribution in [0.2, 0.25) is 0 Å². The van der Waals surface area contributed by atoms with Gasteiger partial charge in [0.1, 0.15) is 23.5 Å². The molecule has 0 fully saturated rings. The zero-order valence-electron chi connectivity index (χ0n) is 15.5. The zero-order valence-corrected chi connectivity index (χ0v) is 15.5. The van der Waals surface area contributed by atoms with Gasteiger partial charge in [-0.3, -0.25) is 0 Å². The summed E-state index contributed by atoms with van der Waals surface area (Å²) in [6.45, 7) is 9.45. The molecule has 2 aromatic rings. The molecule has 4 nitrogen and oxygen atoms in total. The predicted octanol–water partition coefficient (Wildman–Crippen LogP) is 5.54. The minimum Gasteiger partial charge on any atom is -0.491 e. The molecule has 0 saturated heterocycles. The molecule has 132 valence electrons. The third-order valence-corrected chi connectivity index (χ3v) is 2.56. The van der Waals surface area contributed by atoms with E-state index in [9.17, 15) is 0 Å². The first-order valence-corrected chi connectivity index (χ1v) is 8.21. The summed E-state index contributed by atoms with van der Waals surface area (Å²) in [6, 6.07) is 15.5. The quantitative estimate of drug-likeness (QED) is 0.731. The summed E-state index contributed by atoms with van der Waals surface area (Å²) < 4.78 is 11.4. The molecule has 0 radical (unpaired) electrons. The number of anilines is 1. The van der Waals surface area contributed by atoms with Gasteiger partial charge < -0.3 is 19.6 Å². The molecule has 0 aliphatic carbocycles. The van der Waals surface area contributed by atoms with Crippen LogP contribution in [0.25, 0.3) is 0 Å². The van der Waals surface area contributed by atoms with Crippen molar-refractivity contribution in [3.63, 3.8) is 0 Å². The van der Waals surface area contributed by atoms with Gasteiger partial charge in [-0.05, 0) is 57.2 Å².